The molecule has 2 aliphatic heterocycles. The Hall–Kier alpha value is -2.23. The lowest BCUT2D eigenvalue weighted by molar-refractivity contribution is -0.115. The highest BCUT2D eigenvalue weighted by atomic mass is 35.5. The number of rotatable bonds is 3. The number of carbonyl (C=O) groups is 3. The molecule has 0 aromatic heterocycles. The van der Waals surface area contributed by atoms with Crippen molar-refractivity contribution in [1.82, 2.24) is 10.2 Å². The molecule has 10 heteroatoms. The number of benzene rings is 1. The first kappa shape index (κ1) is 21.5. The van der Waals surface area contributed by atoms with Crippen molar-refractivity contribution < 1.29 is 24.6 Å². The number of carbonyl (C=O) groups excluding carboxylic acids is 2. The quantitative estimate of drug-likeness (QED) is 0.621. The number of imide groups is 1. The van der Waals surface area contributed by atoms with E-state index in [2.05, 4.69) is 5.32 Å². The van der Waals surface area contributed by atoms with E-state index in [0.29, 0.717) is 16.3 Å². The van der Waals surface area contributed by atoms with Crippen LogP contribution >= 0.6 is 23.4 Å². The molecule has 3 amide bonds. The molecule has 2 saturated heterocycles. The van der Waals surface area contributed by atoms with Gasteiger partial charge in [-0.15, -0.1) is 0 Å². The van der Waals surface area contributed by atoms with E-state index in [9.17, 15) is 24.6 Å². The van der Waals surface area contributed by atoms with E-state index in [4.69, 9.17) is 11.6 Å². The molecule has 0 saturated carbocycles. The third kappa shape index (κ3) is 4.36. The van der Waals surface area contributed by atoms with Crippen LogP contribution in [-0.2, 0) is 4.79 Å². The van der Waals surface area contributed by atoms with Gasteiger partial charge in [0.15, 0.2) is 0 Å². The van der Waals surface area contributed by atoms with Crippen LogP contribution in [-0.4, -0.2) is 63.1 Å². The molecule has 2 atom stereocenters. The maximum atomic E-state index is 11.9. The van der Waals surface area contributed by atoms with E-state index in [1.807, 2.05) is 4.90 Å². The summed E-state index contributed by atoms with van der Waals surface area (Å²) in [6.07, 6.45) is -0.444. The Balaban J connectivity index is 1.96. The van der Waals surface area contributed by atoms with Crippen molar-refractivity contribution in [1.29, 1.82) is 0 Å². The number of nitrogens with zero attached hydrogens (tertiary/aromatic N) is 2. The van der Waals surface area contributed by atoms with E-state index in [-0.39, 0.29) is 18.0 Å². The largest absolute Gasteiger partial charge is 0.465 e. The van der Waals surface area contributed by atoms with Gasteiger partial charge in [0.05, 0.1) is 27.8 Å². The molecule has 1 aromatic carbocycles. The number of nitrogens with one attached hydrogen (secondary N) is 1. The second-order valence-electron chi connectivity index (χ2n) is 7.89. The van der Waals surface area contributed by atoms with E-state index >= 15 is 0 Å². The van der Waals surface area contributed by atoms with Crippen molar-refractivity contribution in [2.75, 3.05) is 18.0 Å². The van der Waals surface area contributed by atoms with E-state index < -0.39 is 34.9 Å². The number of aliphatic hydroxyl groups excluding tert-OH is 1. The van der Waals surface area contributed by atoms with Crippen LogP contribution < -0.4 is 10.2 Å². The van der Waals surface area contributed by atoms with Crippen LogP contribution in [0.3, 0.4) is 0 Å². The first-order valence-corrected chi connectivity index (χ1v) is 10.2. The molecule has 2 aliphatic rings. The van der Waals surface area contributed by atoms with Gasteiger partial charge in [-0.3, -0.25) is 19.8 Å². The van der Waals surface area contributed by atoms with E-state index in [1.54, 1.807) is 45.0 Å². The number of carboxylic acid groups (broad SMARTS) is 1. The van der Waals surface area contributed by atoms with Gasteiger partial charge < -0.3 is 15.1 Å². The summed E-state index contributed by atoms with van der Waals surface area (Å²) in [5.41, 5.74) is 0.489. The molecule has 0 unspecified atom stereocenters. The van der Waals surface area contributed by atoms with E-state index in [1.165, 1.54) is 4.90 Å². The van der Waals surface area contributed by atoms with Gasteiger partial charge in [-0.2, -0.15) is 0 Å². The zero-order valence-electron chi connectivity index (χ0n) is 16.2. The normalized spacial score (nSPS) is 23.6. The summed E-state index contributed by atoms with van der Waals surface area (Å²) in [6, 6.07) is 4.52. The van der Waals surface area contributed by atoms with Crippen molar-refractivity contribution in [3.8, 4) is 0 Å². The Morgan fingerprint density at radius 2 is 2.03 bits per heavy atom. The highest BCUT2D eigenvalue weighted by molar-refractivity contribution is 8.18. The predicted molar refractivity (Wildman–Crippen MR) is 112 cm³/mol. The summed E-state index contributed by atoms with van der Waals surface area (Å²) in [7, 11) is 0. The minimum Gasteiger partial charge on any atom is -0.465 e. The lowest BCUT2D eigenvalue weighted by Crippen LogP contribution is -2.55. The van der Waals surface area contributed by atoms with Crippen LogP contribution in [0.2, 0.25) is 5.02 Å². The topological polar surface area (TPSA) is 110 Å². The minimum absolute atomic E-state index is 0.183. The Morgan fingerprint density at radius 3 is 2.59 bits per heavy atom. The number of aliphatic hydroxyl groups is 1. The maximum absolute atomic E-state index is 11.9. The predicted octanol–water partition coefficient (Wildman–Crippen LogP) is 2.99. The molecule has 0 aliphatic carbocycles. The van der Waals surface area contributed by atoms with Gasteiger partial charge in [-0.25, -0.2) is 4.79 Å². The number of hydrogen-bond acceptors (Lipinski definition) is 6. The molecule has 0 spiro atoms. The lowest BCUT2D eigenvalue weighted by atomic mass is 10.0. The molecule has 0 radical (unpaired) electrons. The van der Waals surface area contributed by atoms with Crippen molar-refractivity contribution in [2.45, 2.75) is 38.5 Å². The third-order valence-electron chi connectivity index (χ3n) is 4.78. The van der Waals surface area contributed by atoms with Crippen molar-refractivity contribution in [3.05, 3.63) is 33.7 Å². The van der Waals surface area contributed by atoms with Gasteiger partial charge in [0.1, 0.15) is 0 Å². The van der Waals surface area contributed by atoms with Gasteiger partial charge in [-0.05, 0) is 44.7 Å². The summed E-state index contributed by atoms with van der Waals surface area (Å²) in [5.74, 6) is -0.477. The summed E-state index contributed by atoms with van der Waals surface area (Å²) >= 11 is 7.23. The first-order valence-electron chi connectivity index (χ1n) is 8.97. The Bertz CT molecular complexity index is 898. The average Bonchev–Trinajstić information content (AvgIpc) is 3.08. The second kappa shape index (κ2) is 7.89. The van der Waals surface area contributed by atoms with Crippen LogP contribution in [0.5, 0.6) is 0 Å². The Labute approximate surface area is 177 Å². The smallest absolute Gasteiger partial charge is 0.408 e. The summed E-state index contributed by atoms with van der Waals surface area (Å²) < 4.78 is 0. The minimum atomic E-state index is -1.11. The Kier molecular flexibility index (Phi) is 5.84. The number of hydrogen-bond donors (Lipinski definition) is 3. The molecule has 8 nitrogen and oxygen atoms in total. The molecule has 29 heavy (non-hydrogen) atoms. The van der Waals surface area contributed by atoms with Gasteiger partial charge in [-0.1, -0.05) is 23.7 Å². The van der Waals surface area contributed by atoms with Crippen LogP contribution in [0.15, 0.2) is 23.1 Å². The number of anilines is 1. The summed E-state index contributed by atoms with van der Waals surface area (Å²) in [4.78, 5) is 38.5. The fourth-order valence-corrected chi connectivity index (χ4v) is 4.65. The lowest BCUT2D eigenvalue weighted by Gasteiger charge is -2.39. The van der Waals surface area contributed by atoms with Gasteiger partial charge >= 0.3 is 6.09 Å². The highest BCUT2D eigenvalue weighted by Gasteiger charge is 2.43. The molecule has 3 N–H and O–H groups in total. The number of thioether (sulfide) groups is 1. The molecule has 2 fully saturated rings. The number of amides is 3. The third-order valence-corrected chi connectivity index (χ3v) is 5.90. The summed E-state index contributed by atoms with van der Waals surface area (Å²) in [5, 5.41) is 22.5. The van der Waals surface area contributed by atoms with Gasteiger partial charge in [0, 0.05) is 24.2 Å². The fraction of sp³-hybridized carbons (Fsp3) is 0.421. The monoisotopic (exact) mass is 439 g/mol. The fourth-order valence-electron chi connectivity index (χ4n) is 3.68. The number of β-amino-alcohol motifs (C(OH)–C–C–N with tert-alkyl or cyclic N) is 1. The zero-order valence-corrected chi connectivity index (χ0v) is 17.8. The van der Waals surface area contributed by atoms with Crippen molar-refractivity contribution in [3.63, 3.8) is 0 Å². The van der Waals surface area contributed by atoms with E-state index in [0.717, 1.165) is 11.8 Å². The molecule has 3 rings (SSSR count). The highest BCUT2D eigenvalue weighted by Crippen LogP contribution is 2.37. The Morgan fingerprint density at radius 1 is 1.34 bits per heavy atom. The SMILES string of the molecule is CC(C)(C)N(C(=O)O)[C@H]1CN(c2c(Cl)cccc2C=C2SC(=O)NC2=O)C[C@H]1O. The van der Waals surface area contributed by atoms with Crippen LogP contribution in [0.1, 0.15) is 26.3 Å². The van der Waals surface area contributed by atoms with Gasteiger partial charge in [0.2, 0.25) is 0 Å². The molecule has 2 heterocycles. The molecule has 0 bridgehead atoms. The molecule has 1 aromatic rings. The molecular weight excluding hydrogens is 418 g/mol. The van der Waals surface area contributed by atoms with Crippen molar-refractivity contribution in [2.24, 2.45) is 0 Å². The number of halogens is 1. The molecular formula is C19H22ClN3O5S. The summed E-state index contributed by atoms with van der Waals surface area (Å²) in [6.45, 7) is 5.74. The number of para-hydroxylation sites is 1. The standard InChI is InChI=1S/C19H22ClN3O5S/c1-19(2,3)23(18(27)28)12-8-22(9-13(12)24)15-10(5-4-6-11(15)20)7-14-16(25)21-17(26)29-14/h4-7,12-13,24H,8-9H2,1-3H3,(H,27,28)(H,21,25,26)/t12-,13+/m0/s1. The average molecular weight is 440 g/mol. The van der Waals surface area contributed by atoms with Gasteiger partial charge in [0.25, 0.3) is 11.1 Å². The van der Waals surface area contributed by atoms with Crippen LogP contribution in [0.25, 0.3) is 6.08 Å². The first-order chi connectivity index (χ1) is 13.5. The van der Waals surface area contributed by atoms with Crippen molar-refractivity contribution >= 4 is 52.4 Å². The molecule has 156 valence electrons. The zero-order chi connectivity index (χ0) is 21.5. The second-order valence-corrected chi connectivity index (χ2v) is 9.31. The van der Waals surface area contributed by atoms with Crippen LogP contribution in [0.4, 0.5) is 15.3 Å². The van der Waals surface area contributed by atoms with Crippen LogP contribution in [0, 0.1) is 0 Å². The maximum Gasteiger partial charge on any atom is 0.408 e.